The molecule has 0 aromatic heterocycles. The third-order valence-electron chi connectivity index (χ3n) is 2.97. The number of amides is 1. The van der Waals surface area contributed by atoms with Gasteiger partial charge in [-0.05, 0) is 25.2 Å². The van der Waals surface area contributed by atoms with Crippen molar-refractivity contribution in [3.8, 4) is 0 Å². The number of carbonyl (C=O) groups excluding carboxylic acids is 1. The molecule has 108 valence electrons. The fraction of sp³-hybridized carbons (Fsp3) is 0.933. The zero-order valence-corrected chi connectivity index (χ0v) is 12.9. The van der Waals surface area contributed by atoms with Crippen molar-refractivity contribution in [2.24, 2.45) is 11.1 Å². The van der Waals surface area contributed by atoms with Crippen LogP contribution in [-0.2, 0) is 4.79 Å². The van der Waals surface area contributed by atoms with Crippen molar-refractivity contribution in [3.63, 3.8) is 0 Å². The first kappa shape index (κ1) is 17.4. The molecule has 0 saturated heterocycles. The second kappa shape index (κ2) is 8.52. The maximum absolute atomic E-state index is 11.8. The molecule has 0 aromatic carbocycles. The highest BCUT2D eigenvalue weighted by Crippen LogP contribution is 2.21. The molecule has 0 rings (SSSR count). The highest BCUT2D eigenvalue weighted by atomic mass is 16.1. The van der Waals surface area contributed by atoms with E-state index in [0.29, 0.717) is 6.42 Å². The van der Waals surface area contributed by atoms with E-state index < -0.39 is 0 Å². The van der Waals surface area contributed by atoms with Gasteiger partial charge in [-0.1, -0.05) is 47.0 Å². The molecule has 0 heterocycles. The third-order valence-corrected chi connectivity index (χ3v) is 2.97. The van der Waals surface area contributed by atoms with Crippen LogP contribution in [0, 0.1) is 5.41 Å². The van der Waals surface area contributed by atoms with Gasteiger partial charge in [0, 0.05) is 18.5 Å². The molecular formula is C15H32N2O. The number of hydrogen-bond acceptors (Lipinski definition) is 2. The van der Waals surface area contributed by atoms with Gasteiger partial charge in [0.1, 0.15) is 0 Å². The van der Waals surface area contributed by atoms with E-state index >= 15 is 0 Å². The largest absolute Gasteiger partial charge is 0.354 e. The van der Waals surface area contributed by atoms with Gasteiger partial charge < -0.3 is 11.1 Å². The van der Waals surface area contributed by atoms with Gasteiger partial charge in [-0.2, -0.15) is 0 Å². The van der Waals surface area contributed by atoms with Gasteiger partial charge in [0.05, 0.1) is 0 Å². The summed E-state index contributed by atoms with van der Waals surface area (Å²) in [5, 5.41) is 3.04. The summed E-state index contributed by atoms with van der Waals surface area (Å²) in [4.78, 5) is 11.8. The summed E-state index contributed by atoms with van der Waals surface area (Å²) >= 11 is 0. The van der Waals surface area contributed by atoms with Gasteiger partial charge in [-0.3, -0.25) is 4.79 Å². The van der Waals surface area contributed by atoms with E-state index in [2.05, 4.69) is 39.9 Å². The fourth-order valence-corrected chi connectivity index (χ4v) is 2.20. The molecule has 3 nitrogen and oxygen atoms in total. The van der Waals surface area contributed by atoms with Crippen molar-refractivity contribution in [1.29, 1.82) is 0 Å². The number of carbonyl (C=O) groups is 1. The van der Waals surface area contributed by atoms with Crippen LogP contribution < -0.4 is 11.1 Å². The Bertz CT molecular complexity index is 233. The molecule has 0 aromatic rings. The molecule has 0 spiro atoms. The number of nitrogens with one attached hydrogen (secondary N) is 1. The number of rotatable bonds is 8. The van der Waals surface area contributed by atoms with Crippen molar-refractivity contribution in [2.45, 2.75) is 85.2 Å². The highest BCUT2D eigenvalue weighted by molar-refractivity contribution is 5.76. The first-order valence-electron chi connectivity index (χ1n) is 7.29. The Labute approximate surface area is 113 Å². The molecule has 3 heteroatoms. The van der Waals surface area contributed by atoms with Gasteiger partial charge in [0.25, 0.3) is 0 Å². The molecule has 3 N–H and O–H groups in total. The molecule has 0 radical (unpaired) electrons. The van der Waals surface area contributed by atoms with Crippen LogP contribution >= 0.6 is 0 Å². The average Bonchev–Trinajstić information content (AvgIpc) is 2.13. The molecule has 0 bridgehead atoms. The molecule has 0 aliphatic carbocycles. The SMILES string of the molecule is CCCCCC(C)NC(=O)CC(N)CC(C)(C)C. The van der Waals surface area contributed by atoms with Crippen molar-refractivity contribution >= 4 is 5.91 Å². The molecule has 18 heavy (non-hydrogen) atoms. The van der Waals surface area contributed by atoms with Crippen LogP contribution in [0.25, 0.3) is 0 Å². The third kappa shape index (κ3) is 10.6. The van der Waals surface area contributed by atoms with E-state index in [1.807, 2.05) is 0 Å². The van der Waals surface area contributed by atoms with Gasteiger partial charge >= 0.3 is 0 Å². The highest BCUT2D eigenvalue weighted by Gasteiger charge is 2.18. The Balaban J connectivity index is 3.82. The van der Waals surface area contributed by atoms with Gasteiger partial charge in [-0.15, -0.1) is 0 Å². The van der Waals surface area contributed by atoms with Crippen molar-refractivity contribution in [3.05, 3.63) is 0 Å². The topological polar surface area (TPSA) is 55.1 Å². The molecular weight excluding hydrogens is 224 g/mol. The summed E-state index contributed by atoms with van der Waals surface area (Å²) in [5.74, 6) is 0.0933. The van der Waals surface area contributed by atoms with Crippen LogP contribution in [0.15, 0.2) is 0 Å². The zero-order chi connectivity index (χ0) is 14.2. The lowest BCUT2D eigenvalue weighted by Crippen LogP contribution is -2.38. The lowest BCUT2D eigenvalue weighted by molar-refractivity contribution is -0.122. The summed E-state index contributed by atoms with van der Waals surface area (Å²) < 4.78 is 0. The van der Waals surface area contributed by atoms with E-state index in [-0.39, 0.29) is 23.4 Å². The van der Waals surface area contributed by atoms with Gasteiger partial charge in [0.2, 0.25) is 5.91 Å². The maximum atomic E-state index is 11.8. The van der Waals surface area contributed by atoms with Crippen LogP contribution in [0.2, 0.25) is 0 Å². The summed E-state index contributed by atoms with van der Waals surface area (Å²) in [6.45, 7) is 10.7. The van der Waals surface area contributed by atoms with Crippen molar-refractivity contribution < 1.29 is 4.79 Å². The second-order valence-electron chi connectivity index (χ2n) is 6.69. The molecule has 2 atom stereocenters. The Kier molecular flexibility index (Phi) is 8.25. The predicted molar refractivity (Wildman–Crippen MR) is 78.4 cm³/mol. The minimum absolute atomic E-state index is 0.0344. The van der Waals surface area contributed by atoms with Crippen LogP contribution in [-0.4, -0.2) is 18.0 Å². The zero-order valence-electron chi connectivity index (χ0n) is 12.9. The molecule has 0 fully saturated rings. The van der Waals surface area contributed by atoms with E-state index in [0.717, 1.165) is 12.8 Å². The minimum Gasteiger partial charge on any atom is -0.354 e. The monoisotopic (exact) mass is 256 g/mol. The van der Waals surface area contributed by atoms with Crippen LogP contribution in [0.3, 0.4) is 0 Å². The van der Waals surface area contributed by atoms with Gasteiger partial charge in [-0.25, -0.2) is 0 Å². The van der Waals surface area contributed by atoms with E-state index in [1.165, 1.54) is 19.3 Å². The Hall–Kier alpha value is -0.570. The number of unbranched alkanes of at least 4 members (excludes halogenated alkanes) is 2. The van der Waals surface area contributed by atoms with Crippen LogP contribution in [0.5, 0.6) is 0 Å². The summed E-state index contributed by atoms with van der Waals surface area (Å²) in [6.07, 6.45) is 6.03. The maximum Gasteiger partial charge on any atom is 0.221 e. The molecule has 0 aliphatic rings. The van der Waals surface area contributed by atoms with Crippen molar-refractivity contribution in [2.75, 3.05) is 0 Å². The molecule has 0 aliphatic heterocycles. The smallest absolute Gasteiger partial charge is 0.221 e. The van der Waals surface area contributed by atoms with E-state index in [9.17, 15) is 4.79 Å². The van der Waals surface area contributed by atoms with E-state index in [4.69, 9.17) is 5.73 Å². The molecule has 2 unspecified atom stereocenters. The number of hydrogen-bond donors (Lipinski definition) is 2. The Morgan fingerprint density at radius 3 is 2.39 bits per heavy atom. The number of nitrogens with two attached hydrogens (primary N) is 1. The quantitative estimate of drug-likeness (QED) is 0.655. The van der Waals surface area contributed by atoms with Crippen LogP contribution in [0.1, 0.15) is 73.1 Å². The fourth-order valence-electron chi connectivity index (χ4n) is 2.20. The molecule has 1 amide bonds. The first-order chi connectivity index (χ1) is 8.24. The summed E-state index contributed by atoms with van der Waals surface area (Å²) in [7, 11) is 0. The Morgan fingerprint density at radius 1 is 1.28 bits per heavy atom. The predicted octanol–water partition coefficient (Wildman–Crippen LogP) is 3.23. The first-order valence-corrected chi connectivity index (χ1v) is 7.29. The molecule has 0 saturated carbocycles. The standard InChI is InChI=1S/C15H32N2O/c1-6-7-8-9-12(2)17-14(18)10-13(16)11-15(3,4)5/h12-13H,6-11,16H2,1-5H3,(H,17,18). The average molecular weight is 256 g/mol. The summed E-state index contributed by atoms with van der Waals surface area (Å²) in [5.41, 5.74) is 6.18. The minimum atomic E-state index is -0.0344. The van der Waals surface area contributed by atoms with Crippen molar-refractivity contribution in [1.82, 2.24) is 5.32 Å². The lowest BCUT2D eigenvalue weighted by atomic mass is 9.87. The van der Waals surface area contributed by atoms with Crippen LogP contribution in [0.4, 0.5) is 0 Å². The Morgan fingerprint density at radius 2 is 1.89 bits per heavy atom. The summed E-state index contributed by atoms with van der Waals surface area (Å²) in [6, 6.07) is 0.235. The van der Waals surface area contributed by atoms with Gasteiger partial charge in [0.15, 0.2) is 0 Å². The van der Waals surface area contributed by atoms with E-state index in [1.54, 1.807) is 0 Å². The lowest BCUT2D eigenvalue weighted by Gasteiger charge is -2.23. The normalized spacial score (nSPS) is 15.2. The second-order valence-corrected chi connectivity index (χ2v) is 6.69.